The first-order valence-corrected chi connectivity index (χ1v) is 5.95. The lowest BCUT2D eigenvalue weighted by Crippen LogP contribution is -2.35. The fourth-order valence-electron chi connectivity index (χ4n) is 1.70. The summed E-state index contributed by atoms with van der Waals surface area (Å²) in [6.07, 6.45) is 3.01. The maximum Gasteiger partial charge on any atom is 0.0952 e. The van der Waals surface area contributed by atoms with E-state index in [4.69, 9.17) is 5.26 Å². The Morgan fingerprint density at radius 3 is 2.56 bits per heavy atom. The molecule has 0 fully saturated rings. The monoisotopic (exact) mass is 216 g/mol. The number of hydrogen-bond acceptors (Lipinski definition) is 2. The van der Waals surface area contributed by atoms with Crippen LogP contribution in [0.15, 0.2) is 30.3 Å². The van der Waals surface area contributed by atoms with Gasteiger partial charge in [-0.25, -0.2) is 0 Å². The van der Waals surface area contributed by atoms with Crippen LogP contribution in [0.1, 0.15) is 32.3 Å². The van der Waals surface area contributed by atoms with E-state index in [0.29, 0.717) is 6.04 Å². The van der Waals surface area contributed by atoms with E-state index < -0.39 is 0 Å². The summed E-state index contributed by atoms with van der Waals surface area (Å²) in [5.74, 6) is 0. The van der Waals surface area contributed by atoms with Gasteiger partial charge in [0, 0.05) is 6.04 Å². The van der Waals surface area contributed by atoms with Crippen LogP contribution in [0, 0.1) is 11.3 Å². The molecular formula is C14H20N2. The van der Waals surface area contributed by atoms with Crippen LogP contribution in [0.2, 0.25) is 0 Å². The van der Waals surface area contributed by atoms with Gasteiger partial charge in [0.05, 0.1) is 12.1 Å². The van der Waals surface area contributed by atoms with E-state index in [2.05, 4.69) is 42.6 Å². The van der Waals surface area contributed by atoms with Crippen molar-refractivity contribution in [3.05, 3.63) is 35.9 Å². The summed E-state index contributed by atoms with van der Waals surface area (Å²) in [5, 5.41) is 12.2. The minimum absolute atomic E-state index is 0.00854. The standard InChI is InChI=1S/C14H20N2/c1-3-14(11-15)16-12(2)9-10-13-7-5-4-6-8-13/h4-8,12,14,16H,3,9-10H2,1-2H3. The van der Waals surface area contributed by atoms with E-state index >= 15 is 0 Å². The van der Waals surface area contributed by atoms with Crippen molar-refractivity contribution in [1.82, 2.24) is 5.32 Å². The Balaban J connectivity index is 2.30. The summed E-state index contributed by atoms with van der Waals surface area (Å²) >= 11 is 0. The zero-order chi connectivity index (χ0) is 11.8. The molecule has 2 unspecified atom stereocenters. The number of rotatable bonds is 6. The van der Waals surface area contributed by atoms with Crippen molar-refractivity contribution in [2.24, 2.45) is 0 Å². The molecule has 1 aromatic carbocycles. The highest BCUT2D eigenvalue weighted by molar-refractivity contribution is 5.14. The van der Waals surface area contributed by atoms with E-state index in [-0.39, 0.29) is 6.04 Å². The third kappa shape index (κ3) is 4.46. The molecule has 0 amide bonds. The van der Waals surface area contributed by atoms with Crippen molar-refractivity contribution in [3.8, 4) is 6.07 Å². The molecule has 86 valence electrons. The molecule has 0 saturated heterocycles. The highest BCUT2D eigenvalue weighted by Gasteiger charge is 2.08. The van der Waals surface area contributed by atoms with Gasteiger partial charge in [0.2, 0.25) is 0 Å². The lowest BCUT2D eigenvalue weighted by molar-refractivity contribution is 0.468. The lowest BCUT2D eigenvalue weighted by Gasteiger charge is -2.16. The van der Waals surface area contributed by atoms with Crippen molar-refractivity contribution in [2.45, 2.75) is 45.2 Å². The summed E-state index contributed by atoms with van der Waals surface area (Å²) in [6, 6.07) is 13.1. The molecule has 0 saturated carbocycles. The maximum absolute atomic E-state index is 8.85. The quantitative estimate of drug-likeness (QED) is 0.793. The first-order valence-electron chi connectivity index (χ1n) is 5.95. The first kappa shape index (κ1) is 12.7. The van der Waals surface area contributed by atoms with Crippen LogP contribution in [0.3, 0.4) is 0 Å². The number of benzene rings is 1. The van der Waals surface area contributed by atoms with E-state index in [1.54, 1.807) is 0 Å². The highest BCUT2D eigenvalue weighted by Crippen LogP contribution is 2.05. The molecule has 0 bridgehead atoms. The van der Waals surface area contributed by atoms with Gasteiger partial charge in [-0.15, -0.1) is 0 Å². The molecule has 0 radical (unpaired) electrons. The molecule has 0 heterocycles. The van der Waals surface area contributed by atoms with Crippen LogP contribution in [-0.2, 0) is 6.42 Å². The average Bonchev–Trinajstić information content (AvgIpc) is 2.34. The molecule has 0 aliphatic heterocycles. The summed E-state index contributed by atoms with van der Waals surface area (Å²) in [4.78, 5) is 0. The highest BCUT2D eigenvalue weighted by atomic mass is 14.9. The molecule has 2 heteroatoms. The number of nitrogens with zero attached hydrogens (tertiary/aromatic N) is 1. The Labute approximate surface area is 98.3 Å². The molecule has 16 heavy (non-hydrogen) atoms. The molecule has 1 aromatic rings. The molecule has 2 nitrogen and oxygen atoms in total. The Kier molecular flexibility index (Phi) is 5.60. The number of hydrogen-bond donors (Lipinski definition) is 1. The van der Waals surface area contributed by atoms with Gasteiger partial charge in [0.15, 0.2) is 0 Å². The predicted octanol–water partition coefficient (Wildman–Crippen LogP) is 2.90. The van der Waals surface area contributed by atoms with Crippen LogP contribution in [0.25, 0.3) is 0 Å². The number of aryl methyl sites for hydroxylation is 1. The summed E-state index contributed by atoms with van der Waals surface area (Å²) < 4.78 is 0. The first-order chi connectivity index (χ1) is 7.76. The van der Waals surface area contributed by atoms with Crippen molar-refractivity contribution < 1.29 is 0 Å². The predicted molar refractivity (Wildman–Crippen MR) is 67.1 cm³/mol. The van der Waals surface area contributed by atoms with Crippen LogP contribution < -0.4 is 5.32 Å². The van der Waals surface area contributed by atoms with Crippen LogP contribution in [0.4, 0.5) is 0 Å². The van der Waals surface area contributed by atoms with E-state index in [9.17, 15) is 0 Å². The largest absolute Gasteiger partial charge is 0.299 e. The molecule has 0 aromatic heterocycles. The van der Waals surface area contributed by atoms with Crippen LogP contribution >= 0.6 is 0 Å². The van der Waals surface area contributed by atoms with Gasteiger partial charge in [-0.1, -0.05) is 37.3 Å². The number of nitriles is 1. The van der Waals surface area contributed by atoms with Gasteiger partial charge < -0.3 is 0 Å². The van der Waals surface area contributed by atoms with Crippen LogP contribution in [-0.4, -0.2) is 12.1 Å². The summed E-state index contributed by atoms with van der Waals surface area (Å²) in [6.45, 7) is 4.17. The van der Waals surface area contributed by atoms with Gasteiger partial charge in [0.25, 0.3) is 0 Å². The fourth-order valence-corrected chi connectivity index (χ4v) is 1.70. The molecule has 0 spiro atoms. The molecule has 2 atom stereocenters. The second-order valence-electron chi connectivity index (χ2n) is 4.18. The fraction of sp³-hybridized carbons (Fsp3) is 0.500. The third-order valence-electron chi connectivity index (χ3n) is 2.76. The van der Waals surface area contributed by atoms with Gasteiger partial charge in [-0.05, 0) is 31.7 Å². The van der Waals surface area contributed by atoms with Crippen LogP contribution in [0.5, 0.6) is 0 Å². The van der Waals surface area contributed by atoms with E-state index in [1.807, 2.05) is 13.0 Å². The molecule has 0 aliphatic rings. The SMILES string of the molecule is CCC(C#N)NC(C)CCc1ccccc1. The minimum atomic E-state index is -0.00854. The van der Waals surface area contributed by atoms with E-state index in [0.717, 1.165) is 19.3 Å². The lowest BCUT2D eigenvalue weighted by atomic mass is 10.1. The molecular weight excluding hydrogens is 196 g/mol. The topological polar surface area (TPSA) is 35.8 Å². The second-order valence-corrected chi connectivity index (χ2v) is 4.18. The Morgan fingerprint density at radius 1 is 1.31 bits per heavy atom. The van der Waals surface area contributed by atoms with Crippen molar-refractivity contribution >= 4 is 0 Å². The van der Waals surface area contributed by atoms with Crippen molar-refractivity contribution in [2.75, 3.05) is 0 Å². The summed E-state index contributed by atoms with van der Waals surface area (Å²) in [7, 11) is 0. The minimum Gasteiger partial charge on any atom is -0.299 e. The second kappa shape index (κ2) is 7.03. The maximum atomic E-state index is 8.85. The third-order valence-corrected chi connectivity index (χ3v) is 2.76. The Hall–Kier alpha value is -1.33. The molecule has 1 N–H and O–H groups in total. The Bertz CT molecular complexity index is 326. The zero-order valence-corrected chi connectivity index (χ0v) is 10.1. The molecule has 1 rings (SSSR count). The Morgan fingerprint density at radius 2 is 2.00 bits per heavy atom. The van der Waals surface area contributed by atoms with Gasteiger partial charge in [0.1, 0.15) is 0 Å². The normalized spacial score (nSPS) is 14.1. The van der Waals surface area contributed by atoms with Gasteiger partial charge in [-0.3, -0.25) is 5.32 Å². The van der Waals surface area contributed by atoms with Crippen molar-refractivity contribution in [3.63, 3.8) is 0 Å². The van der Waals surface area contributed by atoms with E-state index in [1.165, 1.54) is 5.56 Å². The smallest absolute Gasteiger partial charge is 0.0952 e. The van der Waals surface area contributed by atoms with Gasteiger partial charge >= 0.3 is 0 Å². The van der Waals surface area contributed by atoms with Crippen molar-refractivity contribution in [1.29, 1.82) is 5.26 Å². The summed E-state index contributed by atoms with van der Waals surface area (Å²) in [5.41, 5.74) is 1.36. The number of nitrogens with one attached hydrogen (secondary N) is 1. The van der Waals surface area contributed by atoms with Gasteiger partial charge in [-0.2, -0.15) is 5.26 Å². The average molecular weight is 216 g/mol. The molecule has 0 aliphatic carbocycles. The zero-order valence-electron chi connectivity index (χ0n) is 10.1.